The Bertz CT molecular complexity index is 517. The molecule has 2 rings (SSSR count). The standard InChI is InChI=1S/C14H15NOS/c1-10-3-4-12(9-11(10)2)13(16)5-6-14-15-7-8-17-14/h3-4,7-9H,5-6H2,1-2H3. The maximum atomic E-state index is 12.0. The van der Waals surface area contributed by atoms with Crippen LogP contribution in [0.4, 0.5) is 0 Å². The van der Waals surface area contributed by atoms with E-state index in [-0.39, 0.29) is 5.78 Å². The monoisotopic (exact) mass is 245 g/mol. The van der Waals surface area contributed by atoms with Crippen LogP contribution in [0.15, 0.2) is 29.8 Å². The van der Waals surface area contributed by atoms with E-state index in [0.29, 0.717) is 6.42 Å². The Labute approximate surface area is 105 Å². The highest BCUT2D eigenvalue weighted by Crippen LogP contribution is 2.14. The molecule has 0 saturated heterocycles. The summed E-state index contributed by atoms with van der Waals surface area (Å²) in [7, 11) is 0. The molecule has 0 amide bonds. The van der Waals surface area contributed by atoms with E-state index in [1.165, 1.54) is 11.1 Å². The molecular formula is C14H15NOS. The molecule has 1 aromatic heterocycles. The molecule has 2 nitrogen and oxygen atoms in total. The van der Waals surface area contributed by atoms with Crippen LogP contribution in [0.3, 0.4) is 0 Å². The van der Waals surface area contributed by atoms with Crippen molar-refractivity contribution in [3.8, 4) is 0 Å². The zero-order chi connectivity index (χ0) is 12.3. The van der Waals surface area contributed by atoms with Crippen LogP contribution in [0.1, 0.15) is 32.9 Å². The zero-order valence-electron chi connectivity index (χ0n) is 10.1. The number of hydrogen-bond donors (Lipinski definition) is 0. The normalized spacial score (nSPS) is 10.5. The van der Waals surface area contributed by atoms with E-state index < -0.39 is 0 Å². The van der Waals surface area contributed by atoms with Gasteiger partial charge < -0.3 is 0 Å². The molecular weight excluding hydrogens is 230 g/mol. The van der Waals surface area contributed by atoms with Gasteiger partial charge in [0.25, 0.3) is 0 Å². The fraction of sp³-hybridized carbons (Fsp3) is 0.286. The number of benzene rings is 1. The van der Waals surface area contributed by atoms with E-state index in [9.17, 15) is 4.79 Å². The molecule has 0 bridgehead atoms. The van der Waals surface area contributed by atoms with Gasteiger partial charge in [-0.15, -0.1) is 11.3 Å². The predicted octanol–water partition coefficient (Wildman–Crippen LogP) is 3.58. The number of thiazole rings is 1. The van der Waals surface area contributed by atoms with Crippen molar-refractivity contribution in [1.29, 1.82) is 0 Å². The van der Waals surface area contributed by atoms with E-state index in [0.717, 1.165) is 17.0 Å². The molecule has 3 heteroatoms. The van der Waals surface area contributed by atoms with E-state index in [1.807, 2.05) is 30.5 Å². The van der Waals surface area contributed by atoms with Crippen LogP contribution in [0, 0.1) is 13.8 Å². The number of carbonyl (C=O) groups is 1. The highest BCUT2D eigenvalue weighted by Gasteiger charge is 2.08. The topological polar surface area (TPSA) is 30.0 Å². The smallest absolute Gasteiger partial charge is 0.163 e. The minimum atomic E-state index is 0.198. The second-order valence-corrected chi connectivity index (χ2v) is 5.13. The molecule has 1 aromatic carbocycles. The molecule has 0 radical (unpaired) electrons. The van der Waals surface area contributed by atoms with Crippen molar-refractivity contribution < 1.29 is 4.79 Å². The van der Waals surface area contributed by atoms with Gasteiger partial charge >= 0.3 is 0 Å². The number of rotatable bonds is 4. The van der Waals surface area contributed by atoms with Gasteiger partial charge in [0.15, 0.2) is 5.78 Å². The third-order valence-electron chi connectivity index (χ3n) is 2.88. The number of ketones is 1. The zero-order valence-corrected chi connectivity index (χ0v) is 10.9. The van der Waals surface area contributed by atoms with Gasteiger partial charge in [0.1, 0.15) is 0 Å². The van der Waals surface area contributed by atoms with E-state index in [1.54, 1.807) is 17.5 Å². The summed E-state index contributed by atoms with van der Waals surface area (Å²) in [5.41, 5.74) is 3.20. The van der Waals surface area contributed by atoms with Gasteiger partial charge in [-0.25, -0.2) is 4.98 Å². The molecule has 17 heavy (non-hydrogen) atoms. The third kappa shape index (κ3) is 3.01. The largest absolute Gasteiger partial charge is 0.294 e. The number of aryl methyl sites for hydroxylation is 3. The average Bonchev–Trinajstić information content (AvgIpc) is 2.82. The van der Waals surface area contributed by atoms with Gasteiger partial charge in [-0.2, -0.15) is 0 Å². The van der Waals surface area contributed by atoms with Crippen LogP contribution in [-0.4, -0.2) is 10.8 Å². The lowest BCUT2D eigenvalue weighted by Crippen LogP contribution is -2.01. The average molecular weight is 245 g/mol. The maximum absolute atomic E-state index is 12.0. The Hall–Kier alpha value is -1.48. The molecule has 88 valence electrons. The van der Waals surface area contributed by atoms with Crippen LogP contribution in [0.25, 0.3) is 0 Å². The van der Waals surface area contributed by atoms with Crippen molar-refractivity contribution in [2.45, 2.75) is 26.7 Å². The minimum Gasteiger partial charge on any atom is -0.294 e. The van der Waals surface area contributed by atoms with Crippen molar-refractivity contribution in [3.05, 3.63) is 51.5 Å². The summed E-state index contributed by atoms with van der Waals surface area (Å²) in [6.07, 6.45) is 3.06. The molecule has 0 aliphatic carbocycles. The quantitative estimate of drug-likeness (QED) is 0.771. The van der Waals surface area contributed by atoms with Crippen LogP contribution < -0.4 is 0 Å². The van der Waals surface area contributed by atoms with Crippen LogP contribution in [0.2, 0.25) is 0 Å². The van der Waals surface area contributed by atoms with Gasteiger partial charge in [0.05, 0.1) is 5.01 Å². The summed E-state index contributed by atoms with van der Waals surface area (Å²) in [4.78, 5) is 16.2. The summed E-state index contributed by atoms with van der Waals surface area (Å²) in [5.74, 6) is 0.198. The van der Waals surface area contributed by atoms with Gasteiger partial charge in [0, 0.05) is 30.0 Å². The number of Topliss-reactive ketones (excluding diaryl/α,β-unsaturated/α-hetero) is 1. The van der Waals surface area contributed by atoms with E-state index >= 15 is 0 Å². The number of nitrogens with zero attached hydrogens (tertiary/aromatic N) is 1. The third-order valence-corrected chi connectivity index (χ3v) is 3.72. The van der Waals surface area contributed by atoms with Gasteiger partial charge in [0.2, 0.25) is 0 Å². The summed E-state index contributed by atoms with van der Waals surface area (Å²) < 4.78 is 0. The lowest BCUT2D eigenvalue weighted by molar-refractivity contribution is 0.0982. The molecule has 0 aliphatic heterocycles. The van der Waals surface area contributed by atoms with Crippen molar-refractivity contribution >= 4 is 17.1 Å². The Morgan fingerprint density at radius 3 is 2.76 bits per heavy atom. The lowest BCUT2D eigenvalue weighted by Gasteiger charge is -2.03. The molecule has 0 atom stereocenters. The summed E-state index contributed by atoms with van der Waals surface area (Å²) in [6, 6.07) is 5.89. The first-order chi connectivity index (χ1) is 8.16. The summed E-state index contributed by atoms with van der Waals surface area (Å²) in [5, 5.41) is 2.97. The van der Waals surface area contributed by atoms with Gasteiger partial charge in [-0.1, -0.05) is 12.1 Å². The van der Waals surface area contributed by atoms with Crippen LogP contribution in [0.5, 0.6) is 0 Å². The Kier molecular flexibility index (Phi) is 3.69. The molecule has 0 spiro atoms. The fourth-order valence-electron chi connectivity index (χ4n) is 1.66. The van der Waals surface area contributed by atoms with Crippen molar-refractivity contribution in [3.63, 3.8) is 0 Å². The predicted molar refractivity (Wildman–Crippen MR) is 70.7 cm³/mol. The van der Waals surface area contributed by atoms with Crippen molar-refractivity contribution in [1.82, 2.24) is 4.98 Å². The van der Waals surface area contributed by atoms with Gasteiger partial charge in [-0.3, -0.25) is 4.79 Å². The van der Waals surface area contributed by atoms with E-state index in [2.05, 4.69) is 11.9 Å². The minimum absolute atomic E-state index is 0.198. The molecule has 0 unspecified atom stereocenters. The summed E-state index contributed by atoms with van der Waals surface area (Å²) >= 11 is 1.60. The molecule has 0 fully saturated rings. The van der Waals surface area contributed by atoms with Crippen LogP contribution >= 0.6 is 11.3 Å². The SMILES string of the molecule is Cc1ccc(C(=O)CCc2nccs2)cc1C. The Morgan fingerprint density at radius 1 is 1.29 bits per heavy atom. The highest BCUT2D eigenvalue weighted by atomic mass is 32.1. The highest BCUT2D eigenvalue weighted by molar-refractivity contribution is 7.09. The van der Waals surface area contributed by atoms with Crippen molar-refractivity contribution in [2.75, 3.05) is 0 Å². The Morgan fingerprint density at radius 2 is 2.12 bits per heavy atom. The second kappa shape index (κ2) is 5.23. The molecule has 0 saturated carbocycles. The lowest BCUT2D eigenvalue weighted by atomic mass is 10.0. The Balaban J connectivity index is 2.02. The van der Waals surface area contributed by atoms with Gasteiger partial charge in [-0.05, 0) is 31.0 Å². The number of carbonyl (C=O) groups excluding carboxylic acids is 1. The molecule has 0 N–H and O–H groups in total. The number of hydrogen-bond acceptors (Lipinski definition) is 3. The molecule has 2 aromatic rings. The van der Waals surface area contributed by atoms with E-state index in [4.69, 9.17) is 0 Å². The number of aromatic nitrogens is 1. The first-order valence-corrected chi connectivity index (χ1v) is 6.53. The molecule has 0 aliphatic rings. The first kappa shape index (κ1) is 12.0. The van der Waals surface area contributed by atoms with Crippen molar-refractivity contribution in [2.24, 2.45) is 0 Å². The van der Waals surface area contributed by atoms with Crippen LogP contribution in [-0.2, 0) is 6.42 Å². The molecule has 1 heterocycles. The fourth-order valence-corrected chi connectivity index (χ4v) is 2.28. The first-order valence-electron chi connectivity index (χ1n) is 5.65. The maximum Gasteiger partial charge on any atom is 0.163 e. The second-order valence-electron chi connectivity index (χ2n) is 4.15. The summed E-state index contributed by atoms with van der Waals surface area (Å²) in [6.45, 7) is 4.09.